The molecule has 1 aliphatic rings. The molecule has 0 aromatic heterocycles. The molecule has 2 N–H and O–H groups in total. The number of carbonyl (C=O) groups excluding carboxylic acids is 1. The summed E-state index contributed by atoms with van der Waals surface area (Å²) in [6, 6.07) is 8.25. The fourth-order valence-electron chi connectivity index (χ4n) is 1.90. The Labute approximate surface area is 114 Å². The van der Waals surface area contributed by atoms with Crippen LogP contribution in [0.4, 0.5) is 16.2 Å². The summed E-state index contributed by atoms with van der Waals surface area (Å²) < 4.78 is 5.26. The normalized spacial score (nSPS) is 15.5. The minimum atomic E-state index is -0.486. The molecular formula is C15H22N2O2. The Morgan fingerprint density at radius 3 is 2.37 bits per heavy atom. The quantitative estimate of drug-likeness (QED) is 0.865. The van der Waals surface area contributed by atoms with E-state index in [1.807, 2.05) is 45.0 Å². The van der Waals surface area contributed by atoms with Gasteiger partial charge in [0.15, 0.2) is 0 Å². The van der Waals surface area contributed by atoms with Gasteiger partial charge in [0.2, 0.25) is 0 Å². The minimum absolute atomic E-state index is 0.421. The number of amides is 1. The minimum Gasteiger partial charge on any atom is -0.444 e. The highest BCUT2D eigenvalue weighted by atomic mass is 16.6. The number of anilines is 2. The monoisotopic (exact) mass is 262 g/mol. The molecule has 104 valence electrons. The summed E-state index contributed by atoms with van der Waals surface area (Å²) in [5.41, 5.74) is 1.24. The summed E-state index contributed by atoms with van der Waals surface area (Å²) in [6.07, 6.45) is 3.25. The van der Waals surface area contributed by atoms with Gasteiger partial charge in [0.05, 0.1) is 11.4 Å². The summed E-state index contributed by atoms with van der Waals surface area (Å²) in [4.78, 5) is 11.8. The lowest BCUT2D eigenvalue weighted by atomic mass is 9.93. The lowest BCUT2D eigenvalue weighted by Crippen LogP contribution is -2.29. The van der Waals surface area contributed by atoms with E-state index in [1.165, 1.54) is 19.3 Å². The van der Waals surface area contributed by atoms with Gasteiger partial charge in [0, 0.05) is 6.04 Å². The molecule has 0 spiro atoms. The first-order valence-electron chi connectivity index (χ1n) is 6.79. The number of hydrogen-bond donors (Lipinski definition) is 2. The second kappa shape index (κ2) is 5.51. The van der Waals surface area contributed by atoms with E-state index >= 15 is 0 Å². The molecule has 4 heteroatoms. The topological polar surface area (TPSA) is 50.4 Å². The molecule has 19 heavy (non-hydrogen) atoms. The van der Waals surface area contributed by atoms with Gasteiger partial charge in [-0.2, -0.15) is 0 Å². The highest BCUT2D eigenvalue weighted by Crippen LogP contribution is 2.28. The van der Waals surface area contributed by atoms with E-state index in [-0.39, 0.29) is 0 Å². The van der Waals surface area contributed by atoms with Crippen LogP contribution < -0.4 is 10.6 Å². The van der Waals surface area contributed by atoms with Gasteiger partial charge in [0.25, 0.3) is 0 Å². The molecular weight excluding hydrogens is 240 g/mol. The average molecular weight is 262 g/mol. The second-order valence-corrected chi connectivity index (χ2v) is 5.94. The van der Waals surface area contributed by atoms with Crippen molar-refractivity contribution in [2.75, 3.05) is 10.6 Å². The van der Waals surface area contributed by atoms with E-state index in [9.17, 15) is 4.79 Å². The first-order chi connectivity index (χ1) is 8.94. The molecule has 1 fully saturated rings. The zero-order valence-electron chi connectivity index (χ0n) is 11.8. The van der Waals surface area contributed by atoms with Crippen LogP contribution in [-0.2, 0) is 4.74 Å². The zero-order chi connectivity index (χ0) is 13.9. The molecule has 0 bridgehead atoms. The SMILES string of the molecule is CC(C)(C)OC(=O)Nc1ccccc1NC1CCC1. The van der Waals surface area contributed by atoms with E-state index in [4.69, 9.17) is 4.74 Å². The molecule has 0 atom stereocenters. The summed E-state index contributed by atoms with van der Waals surface area (Å²) in [6.45, 7) is 5.56. The van der Waals surface area contributed by atoms with Crippen molar-refractivity contribution in [3.05, 3.63) is 24.3 Å². The predicted molar refractivity (Wildman–Crippen MR) is 77.6 cm³/mol. The predicted octanol–water partition coefficient (Wildman–Crippen LogP) is 4.00. The first kappa shape index (κ1) is 13.7. The van der Waals surface area contributed by atoms with Crippen LogP contribution in [0, 0.1) is 0 Å². The maximum absolute atomic E-state index is 11.8. The summed E-state index contributed by atoms with van der Waals surface area (Å²) >= 11 is 0. The Morgan fingerprint density at radius 2 is 1.84 bits per heavy atom. The lowest BCUT2D eigenvalue weighted by Gasteiger charge is -2.28. The van der Waals surface area contributed by atoms with Crippen molar-refractivity contribution >= 4 is 17.5 Å². The molecule has 0 radical (unpaired) electrons. The fourth-order valence-corrected chi connectivity index (χ4v) is 1.90. The summed E-state index contributed by atoms with van der Waals surface area (Å²) in [7, 11) is 0. The van der Waals surface area contributed by atoms with Crippen LogP contribution in [0.5, 0.6) is 0 Å². The van der Waals surface area contributed by atoms with Gasteiger partial charge in [-0.05, 0) is 52.2 Å². The number of benzene rings is 1. The molecule has 1 aromatic carbocycles. The van der Waals surface area contributed by atoms with E-state index in [1.54, 1.807) is 0 Å². The maximum Gasteiger partial charge on any atom is 0.412 e. The van der Waals surface area contributed by atoms with Crippen molar-refractivity contribution in [3.8, 4) is 0 Å². The molecule has 0 saturated heterocycles. The van der Waals surface area contributed by atoms with Crippen LogP contribution in [0.1, 0.15) is 40.0 Å². The van der Waals surface area contributed by atoms with E-state index in [2.05, 4.69) is 10.6 Å². The van der Waals surface area contributed by atoms with Crippen LogP contribution in [0.2, 0.25) is 0 Å². The third-order valence-electron chi connectivity index (χ3n) is 3.03. The summed E-state index contributed by atoms with van der Waals surface area (Å²) in [5.74, 6) is 0. The van der Waals surface area contributed by atoms with Crippen molar-refractivity contribution in [1.82, 2.24) is 0 Å². The highest BCUT2D eigenvalue weighted by Gasteiger charge is 2.20. The molecule has 1 saturated carbocycles. The molecule has 0 aliphatic heterocycles. The lowest BCUT2D eigenvalue weighted by molar-refractivity contribution is 0.0636. The van der Waals surface area contributed by atoms with Gasteiger partial charge in [0.1, 0.15) is 5.60 Å². The Bertz CT molecular complexity index is 448. The van der Waals surface area contributed by atoms with Gasteiger partial charge < -0.3 is 10.1 Å². The fraction of sp³-hybridized carbons (Fsp3) is 0.533. The van der Waals surface area contributed by atoms with Crippen LogP contribution in [0.15, 0.2) is 24.3 Å². The molecule has 1 aliphatic carbocycles. The van der Waals surface area contributed by atoms with Gasteiger partial charge in [-0.3, -0.25) is 5.32 Å². The smallest absolute Gasteiger partial charge is 0.412 e. The van der Waals surface area contributed by atoms with E-state index < -0.39 is 11.7 Å². The standard InChI is InChI=1S/C15H22N2O2/c1-15(2,3)19-14(18)17-13-10-5-4-9-12(13)16-11-7-6-8-11/h4-5,9-11,16H,6-8H2,1-3H3,(H,17,18). The van der Waals surface area contributed by atoms with Gasteiger partial charge in [-0.1, -0.05) is 12.1 Å². The number of nitrogens with one attached hydrogen (secondary N) is 2. The van der Waals surface area contributed by atoms with Crippen LogP contribution in [0.25, 0.3) is 0 Å². The van der Waals surface area contributed by atoms with Crippen molar-refractivity contribution < 1.29 is 9.53 Å². The van der Waals surface area contributed by atoms with Gasteiger partial charge in [-0.25, -0.2) is 4.79 Å². The molecule has 0 unspecified atom stereocenters. The molecule has 2 rings (SSSR count). The second-order valence-electron chi connectivity index (χ2n) is 5.94. The van der Waals surface area contributed by atoms with E-state index in [0.717, 1.165) is 11.4 Å². The third-order valence-corrected chi connectivity index (χ3v) is 3.03. The van der Waals surface area contributed by atoms with Crippen molar-refractivity contribution in [2.45, 2.75) is 51.7 Å². The largest absolute Gasteiger partial charge is 0.444 e. The van der Waals surface area contributed by atoms with Gasteiger partial charge >= 0.3 is 6.09 Å². The summed E-state index contributed by atoms with van der Waals surface area (Å²) in [5, 5.41) is 6.24. The van der Waals surface area contributed by atoms with Crippen molar-refractivity contribution in [2.24, 2.45) is 0 Å². The number of hydrogen-bond acceptors (Lipinski definition) is 3. The zero-order valence-corrected chi connectivity index (χ0v) is 11.8. The Balaban J connectivity index is 2.00. The van der Waals surface area contributed by atoms with Crippen LogP contribution in [0.3, 0.4) is 0 Å². The molecule has 1 aromatic rings. The molecule has 0 heterocycles. The molecule has 1 amide bonds. The molecule has 4 nitrogen and oxygen atoms in total. The van der Waals surface area contributed by atoms with E-state index in [0.29, 0.717) is 6.04 Å². The highest BCUT2D eigenvalue weighted by molar-refractivity contribution is 5.89. The average Bonchev–Trinajstić information content (AvgIpc) is 2.22. The Kier molecular flexibility index (Phi) is 3.98. The maximum atomic E-state index is 11.8. The number of carbonyl (C=O) groups is 1. The van der Waals surface area contributed by atoms with Crippen molar-refractivity contribution in [3.63, 3.8) is 0 Å². The first-order valence-corrected chi connectivity index (χ1v) is 6.79. The van der Waals surface area contributed by atoms with Crippen molar-refractivity contribution in [1.29, 1.82) is 0 Å². The number of para-hydroxylation sites is 2. The Morgan fingerprint density at radius 1 is 1.21 bits per heavy atom. The van der Waals surface area contributed by atoms with Crippen LogP contribution >= 0.6 is 0 Å². The van der Waals surface area contributed by atoms with Crippen LogP contribution in [-0.4, -0.2) is 17.7 Å². The number of ether oxygens (including phenoxy) is 1. The third kappa shape index (κ3) is 4.16. The Hall–Kier alpha value is -1.71. The van der Waals surface area contributed by atoms with Gasteiger partial charge in [-0.15, -0.1) is 0 Å². The number of rotatable bonds is 3.